The van der Waals surface area contributed by atoms with Crippen molar-refractivity contribution in [3.05, 3.63) is 0 Å². The predicted octanol–water partition coefficient (Wildman–Crippen LogP) is 11.7. The highest BCUT2D eigenvalue weighted by Crippen LogP contribution is 2.75. The Hall–Kier alpha value is 0. The third kappa shape index (κ3) is 4.54. The van der Waals surface area contributed by atoms with Crippen LogP contribution < -0.4 is 0 Å². The van der Waals surface area contributed by atoms with E-state index in [0.717, 1.165) is 82.9 Å². The number of hydrogen-bond acceptors (Lipinski definition) is 0. The topological polar surface area (TPSA) is 0 Å². The lowest BCUT2D eigenvalue weighted by molar-refractivity contribution is -0.0775. The Morgan fingerprint density at radius 2 is 1.15 bits per heavy atom. The molecule has 7 fully saturated rings. The fourth-order valence-electron chi connectivity index (χ4n) is 14.3. The summed E-state index contributed by atoms with van der Waals surface area (Å²) in [4.78, 5) is 0. The Balaban J connectivity index is 1.28. The molecule has 0 N–H and O–H groups in total. The predicted molar refractivity (Wildman–Crippen MR) is 171 cm³/mol. The zero-order valence-electron chi connectivity index (χ0n) is 28.2. The van der Waals surface area contributed by atoms with Crippen LogP contribution in [0.3, 0.4) is 0 Å². The molecule has 0 aromatic carbocycles. The maximum absolute atomic E-state index is 2.61. The van der Waals surface area contributed by atoms with Crippen LogP contribution in [0.1, 0.15) is 152 Å². The molecule has 0 aromatic rings. The molecule has 7 aliphatic rings. The Morgan fingerprint density at radius 3 is 1.77 bits per heavy atom. The van der Waals surface area contributed by atoms with Crippen LogP contribution in [0.2, 0.25) is 0 Å². The van der Waals surface area contributed by atoms with Gasteiger partial charge in [0.1, 0.15) is 0 Å². The minimum absolute atomic E-state index is 0.450. The Labute approximate surface area is 250 Å². The van der Waals surface area contributed by atoms with Crippen LogP contribution in [0.25, 0.3) is 0 Å². The zero-order chi connectivity index (χ0) is 28.2. The molecule has 7 aliphatic carbocycles. The number of hydrogen-bond donors (Lipinski definition) is 0. The highest BCUT2D eigenvalue weighted by atomic mass is 14.7. The molecule has 0 heteroatoms. The van der Waals surface area contributed by atoms with E-state index in [9.17, 15) is 0 Å². The molecular weight excluding hydrogens is 480 g/mol. The maximum atomic E-state index is 2.61. The second kappa shape index (κ2) is 10.0. The van der Waals surface area contributed by atoms with E-state index in [1.54, 1.807) is 89.9 Å². The van der Waals surface area contributed by atoms with Gasteiger partial charge in [0.25, 0.3) is 0 Å². The smallest absolute Gasteiger partial charge is 0.0230 e. The van der Waals surface area contributed by atoms with Crippen molar-refractivity contribution in [1.29, 1.82) is 0 Å². The lowest BCUT2D eigenvalue weighted by atomic mass is 9.48. The average molecular weight is 549 g/mol. The maximum Gasteiger partial charge on any atom is -0.0230 e. The molecule has 0 nitrogen and oxygen atoms in total. The summed E-state index contributed by atoms with van der Waals surface area (Å²) >= 11 is 0. The summed E-state index contributed by atoms with van der Waals surface area (Å²) in [7, 11) is 0. The van der Waals surface area contributed by atoms with Gasteiger partial charge in [-0.15, -0.1) is 0 Å². The molecule has 0 bridgehead atoms. The van der Waals surface area contributed by atoms with Crippen molar-refractivity contribution in [2.75, 3.05) is 0 Å². The highest BCUT2D eigenvalue weighted by molar-refractivity contribution is 5.17. The Kier molecular flexibility index (Phi) is 7.20. The molecular formula is C40H68. The number of rotatable bonds is 1. The monoisotopic (exact) mass is 549 g/mol. The van der Waals surface area contributed by atoms with Gasteiger partial charge in [-0.05, 0) is 170 Å². The van der Waals surface area contributed by atoms with Crippen LogP contribution in [0, 0.1) is 99.1 Å². The summed E-state index contributed by atoms with van der Waals surface area (Å²) < 4.78 is 0. The first-order chi connectivity index (χ1) is 18.9. The summed E-state index contributed by atoms with van der Waals surface area (Å²) in [6.07, 6.45) is 23.9. The minimum Gasteiger partial charge on any atom is -0.0625 e. The van der Waals surface area contributed by atoms with Crippen molar-refractivity contribution in [2.24, 2.45) is 99.1 Å². The number of fused-ring (bicyclic) bond motifs is 10. The van der Waals surface area contributed by atoms with Crippen LogP contribution in [0.4, 0.5) is 0 Å². The highest BCUT2D eigenvalue weighted by Gasteiger charge is 2.68. The zero-order valence-corrected chi connectivity index (χ0v) is 28.2. The van der Waals surface area contributed by atoms with E-state index in [2.05, 4.69) is 55.4 Å². The van der Waals surface area contributed by atoms with Crippen molar-refractivity contribution in [1.82, 2.24) is 0 Å². The second-order valence-corrected chi connectivity index (χ2v) is 20.1. The van der Waals surface area contributed by atoms with Gasteiger partial charge in [0.2, 0.25) is 0 Å². The van der Waals surface area contributed by atoms with Crippen molar-refractivity contribution in [2.45, 2.75) is 152 Å². The van der Waals surface area contributed by atoms with E-state index >= 15 is 0 Å². The molecule has 40 heavy (non-hydrogen) atoms. The molecule has 0 heterocycles. The van der Waals surface area contributed by atoms with E-state index in [1.807, 2.05) is 0 Å². The second-order valence-electron chi connectivity index (χ2n) is 20.1. The fourth-order valence-corrected chi connectivity index (χ4v) is 14.3. The van der Waals surface area contributed by atoms with Gasteiger partial charge in [-0.1, -0.05) is 81.1 Å². The Morgan fingerprint density at radius 1 is 0.525 bits per heavy atom. The molecule has 0 radical (unpaired) electrons. The van der Waals surface area contributed by atoms with Crippen LogP contribution in [-0.4, -0.2) is 0 Å². The molecule has 7 saturated carbocycles. The lowest BCUT2D eigenvalue weighted by Gasteiger charge is -2.57. The summed E-state index contributed by atoms with van der Waals surface area (Å²) in [6, 6.07) is 0. The first-order valence-corrected chi connectivity index (χ1v) is 18.9. The van der Waals surface area contributed by atoms with Crippen molar-refractivity contribution < 1.29 is 0 Å². The molecule has 7 rings (SSSR count). The fraction of sp³-hybridized carbons (Fsp3) is 1.00. The summed E-state index contributed by atoms with van der Waals surface area (Å²) in [5, 5.41) is 0. The van der Waals surface area contributed by atoms with Crippen molar-refractivity contribution in [3.8, 4) is 0 Å². The van der Waals surface area contributed by atoms with E-state index in [4.69, 9.17) is 0 Å². The van der Waals surface area contributed by atoms with Gasteiger partial charge < -0.3 is 0 Å². The third-order valence-corrected chi connectivity index (χ3v) is 16.4. The van der Waals surface area contributed by atoms with Gasteiger partial charge in [-0.3, -0.25) is 0 Å². The van der Waals surface area contributed by atoms with Crippen molar-refractivity contribution >= 4 is 0 Å². The quantitative estimate of drug-likeness (QED) is 0.306. The SMILES string of the molecule is CC(C)C1CCC2C3C4C(CCC3C3(CC(C(C)(C)C)CC(C(C)(C)C)C3)C2C1)CC1CC2CCCCC2CC14. The molecule has 13 atom stereocenters. The molecule has 0 amide bonds. The average Bonchev–Trinajstić information content (AvgIpc) is 3.38. The van der Waals surface area contributed by atoms with E-state index in [1.165, 1.54) is 6.42 Å². The minimum atomic E-state index is 0.450. The first kappa shape index (κ1) is 28.8. The van der Waals surface area contributed by atoms with Gasteiger partial charge in [-0.25, -0.2) is 0 Å². The van der Waals surface area contributed by atoms with Crippen molar-refractivity contribution in [3.63, 3.8) is 0 Å². The van der Waals surface area contributed by atoms with Crippen LogP contribution >= 0.6 is 0 Å². The van der Waals surface area contributed by atoms with Gasteiger partial charge in [0.05, 0.1) is 0 Å². The Bertz CT molecular complexity index is 889. The third-order valence-electron chi connectivity index (χ3n) is 16.4. The molecule has 0 aromatic heterocycles. The lowest BCUT2D eigenvalue weighted by Crippen LogP contribution is -2.49. The van der Waals surface area contributed by atoms with E-state index < -0.39 is 0 Å². The van der Waals surface area contributed by atoms with Crippen LogP contribution in [-0.2, 0) is 0 Å². The van der Waals surface area contributed by atoms with Crippen LogP contribution in [0.5, 0.6) is 0 Å². The molecule has 228 valence electrons. The standard InChI is InChI=1S/C40H68/c1-24(2)25-13-15-32-35(20-25)40(22-30(38(3,4)5)21-31(23-40)39(6,7)8)34-16-14-28-18-29-17-26-11-9-10-12-27(26)19-33(29)36(28)37(32)34/h24-37H,9-23H2,1-8H3. The van der Waals surface area contributed by atoms with E-state index in [-0.39, 0.29) is 0 Å². The summed E-state index contributed by atoms with van der Waals surface area (Å²) in [6.45, 7) is 20.8. The summed E-state index contributed by atoms with van der Waals surface area (Å²) in [5.74, 6) is 14.7. The van der Waals surface area contributed by atoms with Gasteiger partial charge >= 0.3 is 0 Å². The molecule has 13 unspecified atom stereocenters. The van der Waals surface area contributed by atoms with Gasteiger partial charge in [0, 0.05) is 0 Å². The van der Waals surface area contributed by atoms with Gasteiger partial charge in [0.15, 0.2) is 0 Å². The summed E-state index contributed by atoms with van der Waals surface area (Å²) in [5.41, 5.74) is 1.55. The first-order valence-electron chi connectivity index (χ1n) is 18.9. The normalized spacial score (nSPS) is 52.6. The largest absolute Gasteiger partial charge is 0.0625 e. The van der Waals surface area contributed by atoms with Crippen LogP contribution in [0.15, 0.2) is 0 Å². The van der Waals surface area contributed by atoms with Gasteiger partial charge in [-0.2, -0.15) is 0 Å². The van der Waals surface area contributed by atoms with E-state index in [0.29, 0.717) is 16.2 Å². The molecule has 1 spiro atoms. The molecule has 0 aliphatic heterocycles. The molecule has 0 saturated heterocycles.